The van der Waals surface area contributed by atoms with Gasteiger partial charge < -0.3 is 24.3 Å². The maximum absolute atomic E-state index is 14.5. The normalized spacial score (nSPS) is 13.9. The maximum Gasteiger partial charge on any atom is 0.227 e. The number of hydrogen-bond acceptors (Lipinski definition) is 9. The van der Waals surface area contributed by atoms with Gasteiger partial charge in [-0.1, -0.05) is 0 Å². The number of fused-ring (bicyclic) bond motifs is 2. The molecule has 0 atom stereocenters. The summed E-state index contributed by atoms with van der Waals surface area (Å²) in [5.41, 5.74) is 3.89. The third kappa shape index (κ3) is 4.13. The highest BCUT2D eigenvalue weighted by Gasteiger charge is 2.16. The first-order valence-electron chi connectivity index (χ1n) is 11.5. The van der Waals surface area contributed by atoms with E-state index in [2.05, 4.69) is 25.3 Å². The van der Waals surface area contributed by atoms with Gasteiger partial charge in [-0.25, -0.2) is 29.3 Å². The Kier molecular flexibility index (Phi) is 5.53. The number of hydrogen-bond donors (Lipinski definition) is 1. The minimum absolute atomic E-state index is 0.383. The molecule has 1 fully saturated rings. The van der Waals surface area contributed by atoms with Gasteiger partial charge in [0.2, 0.25) is 5.95 Å². The molecule has 1 N–H and O–H groups in total. The van der Waals surface area contributed by atoms with Crippen LogP contribution in [0, 0.1) is 12.7 Å². The summed E-state index contributed by atoms with van der Waals surface area (Å²) >= 11 is 0. The van der Waals surface area contributed by atoms with Crippen LogP contribution in [0.5, 0.6) is 11.5 Å². The predicted octanol–water partition coefficient (Wildman–Crippen LogP) is 4.47. The Balaban J connectivity index is 1.26. The molecule has 0 bridgehead atoms. The lowest BCUT2D eigenvalue weighted by Gasteiger charge is -2.26. The third-order valence-corrected chi connectivity index (χ3v) is 6.02. The van der Waals surface area contributed by atoms with Crippen molar-refractivity contribution in [2.75, 3.05) is 30.1 Å². The fraction of sp³-hybridized carbons (Fsp3) is 0.240. The molecular formula is C25H23FN8O2. The van der Waals surface area contributed by atoms with Crippen molar-refractivity contribution in [1.82, 2.24) is 29.5 Å². The van der Waals surface area contributed by atoms with E-state index >= 15 is 0 Å². The lowest BCUT2D eigenvalue weighted by atomic mass is 10.2. The van der Waals surface area contributed by atoms with E-state index in [0.29, 0.717) is 52.1 Å². The molecule has 0 amide bonds. The largest absolute Gasteiger partial charge is 0.457 e. The van der Waals surface area contributed by atoms with Gasteiger partial charge in [0.15, 0.2) is 11.6 Å². The van der Waals surface area contributed by atoms with Gasteiger partial charge in [-0.3, -0.25) is 0 Å². The molecule has 0 spiro atoms. The Morgan fingerprint density at radius 1 is 1.08 bits per heavy atom. The van der Waals surface area contributed by atoms with Gasteiger partial charge in [0.1, 0.15) is 41.1 Å². The van der Waals surface area contributed by atoms with Crippen molar-refractivity contribution < 1.29 is 13.9 Å². The number of imidazole rings is 1. The van der Waals surface area contributed by atoms with Gasteiger partial charge in [0.05, 0.1) is 24.6 Å². The monoisotopic (exact) mass is 486 g/mol. The van der Waals surface area contributed by atoms with Crippen LogP contribution in [0.15, 0.2) is 49.2 Å². The Morgan fingerprint density at radius 3 is 2.83 bits per heavy atom. The van der Waals surface area contributed by atoms with Gasteiger partial charge in [0.25, 0.3) is 0 Å². The molecule has 36 heavy (non-hydrogen) atoms. The number of aryl methyl sites for hydroxylation is 2. The van der Waals surface area contributed by atoms with Crippen molar-refractivity contribution in [3.63, 3.8) is 0 Å². The minimum atomic E-state index is -0.383. The van der Waals surface area contributed by atoms with Gasteiger partial charge in [-0.15, -0.1) is 0 Å². The van der Waals surface area contributed by atoms with Crippen LogP contribution in [-0.4, -0.2) is 49.4 Å². The fourth-order valence-electron chi connectivity index (χ4n) is 4.22. The van der Waals surface area contributed by atoms with Crippen molar-refractivity contribution in [2.24, 2.45) is 7.05 Å². The van der Waals surface area contributed by atoms with E-state index in [0.717, 1.165) is 30.8 Å². The van der Waals surface area contributed by atoms with E-state index in [-0.39, 0.29) is 5.82 Å². The van der Waals surface area contributed by atoms with Crippen molar-refractivity contribution in [3.05, 3.63) is 60.6 Å². The van der Waals surface area contributed by atoms with Crippen molar-refractivity contribution >= 4 is 39.5 Å². The van der Waals surface area contributed by atoms with E-state index in [1.807, 2.05) is 30.0 Å². The number of aromatic nitrogens is 6. The summed E-state index contributed by atoms with van der Waals surface area (Å²) in [5.74, 6) is 1.76. The van der Waals surface area contributed by atoms with Crippen molar-refractivity contribution in [2.45, 2.75) is 13.3 Å². The van der Waals surface area contributed by atoms with Crippen LogP contribution >= 0.6 is 0 Å². The first kappa shape index (κ1) is 22.1. The molecule has 1 saturated heterocycles. The molecule has 182 valence electrons. The molecule has 11 heteroatoms. The smallest absolute Gasteiger partial charge is 0.227 e. The van der Waals surface area contributed by atoms with Crippen molar-refractivity contribution in [3.8, 4) is 11.5 Å². The summed E-state index contributed by atoms with van der Waals surface area (Å²) in [6.45, 7) is 3.95. The molecule has 5 aromatic rings. The lowest BCUT2D eigenvalue weighted by molar-refractivity contribution is 0.106. The Labute approximate surface area is 205 Å². The highest BCUT2D eigenvalue weighted by atomic mass is 19.1. The van der Waals surface area contributed by atoms with Crippen molar-refractivity contribution in [1.29, 1.82) is 0 Å². The molecular weight excluding hydrogens is 463 g/mol. The van der Waals surface area contributed by atoms with E-state index in [9.17, 15) is 4.39 Å². The van der Waals surface area contributed by atoms with Crippen LogP contribution in [0.3, 0.4) is 0 Å². The fourth-order valence-corrected chi connectivity index (χ4v) is 4.22. The molecule has 0 saturated carbocycles. The second kappa shape index (κ2) is 9.00. The van der Waals surface area contributed by atoms with Crippen LogP contribution < -0.4 is 15.0 Å². The molecule has 1 aliphatic rings. The highest BCUT2D eigenvalue weighted by Crippen LogP contribution is 2.32. The van der Waals surface area contributed by atoms with Crippen LogP contribution in [0.4, 0.5) is 21.8 Å². The number of nitrogens with one attached hydrogen (secondary N) is 1. The Hall–Kier alpha value is -4.38. The molecule has 4 heterocycles. The number of rotatable bonds is 5. The number of halogens is 1. The number of anilines is 3. The summed E-state index contributed by atoms with van der Waals surface area (Å²) in [5, 5.41) is 3.33. The van der Waals surface area contributed by atoms with Crippen LogP contribution in [0.1, 0.15) is 12.0 Å². The third-order valence-electron chi connectivity index (χ3n) is 6.02. The van der Waals surface area contributed by atoms with E-state index in [1.165, 1.54) is 12.4 Å². The van der Waals surface area contributed by atoms with E-state index in [4.69, 9.17) is 14.5 Å². The maximum atomic E-state index is 14.5. The number of nitrogens with zero attached hydrogens (tertiary/aromatic N) is 7. The topological polar surface area (TPSA) is 103 Å². The van der Waals surface area contributed by atoms with Gasteiger partial charge in [-0.2, -0.15) is 0 Å². The molecule has 1 aliphatic heterocycles. The quantitative estimate of drug-likeness (QED) is 0.385. The van der Waals surface area contributed by atoms with Gasteiger partial charge in [-0.05, 0) is 37.1 Å². The lowest BCUT2D eigenvalue weighted by Crippen LogP contribution is -2.34. The second-order valence-corrected chi connectivity index (χ2v) is 8.62. The Bertz CT molecular complexity index is 1580. The van der Waals surface area contributed by atoms with Gasteiger partial charge in [0, 0.05) is 31.4 Å². The molecule has 0 aliphatic carbocycles. The van der Waals surface area contributed by atoms with Crippen LogP contribution in [0.2, 0.25) is 0 Å². The molecule has 10 nitrogen and oxygen atoms in total. The molecule has 2 aromatic carbocycles. The summed E-state index contributed by atoms with van der Waals surface area (Å²) < 4.78 is 27.7. The summed E-state index contributed by atoms with van der Waals surface area (Å²) in [6.07, 6.45) is 5.67. The first-order valence-corrected chi connectivity index (χ1v) is 11.5. The van der Waals surface area contributed by atoms with Crippen LogP contribution in [0.25, 0.3) is 22.1 Å². The standard InChI is InChI=1S/C25H23FN8O2/c1-15-8-16(4-5-21(15)36-17-9-18(26)23-19(10-17)30-13-33(23)2)31-24-22-20(28-12-29-24)11-27-25(32-22)34-6-3-7-35-14-34/h4-5,8-13H,3,6-7,14H2,1-2H3,(H,28,29,31). The zero-order valence-corrected chi connectivity index (χ0v) is 19.8. The average Bonchev–Trinajstić information content (AvgIpc) is 3.27. The average molecular weight is 487 g/mol. The van der Waals surface area contributed by atoms with E-state index < -0.39 is 0 Å². The summed E-state index contributed by atoms with van der Waals surface area (Å²) in [6, 6.07) is 8.72. The molecule has 0 unspecified atom stereocenters. The van der Waals surface area contributed by atoms with Crippen LogP contribution in [-0.2, 0) is 11.8 Å². The molecule has 6 rings (SSSR count). The van der Waals surface area contributed by atoms with E-state index in [1.54, 1.807) is 30.2 Å². The zero-order chi connectivity index (χ0) is 24.6. The first-order chi connectivity index (χ1) is 17.5. The minimum Gasteiger partial charge on any atom is -0.457 e. The molecule has 3 aromatic heterocycles. The Morgan fingerprint density at radius 2 is 2.00 bits per heavy atom. The second-order valence-electron chi connectivity index (χ2n) is 8.62. The molecule has 0 radical (unpaired) electrons. The summed E-state index contributed by atoms with van der Waals surface area (Å²) in [7, 11) is 1.75. The van der Waals surface area contributed by atoms with Gasteiger partial charge >= 0.3 is 0 Å². The highest BCUT2D eigenvalue weighted by molar-refractivity contribution is 5.87. The zero-order valence-electron chi connectivity index (χ0n) is 19.8. The predicted molar refractivity (Wildman–Crippen MR) is 133 cm³/mol. The summed E-state index contributed by atoms with van der Waals surface area (Å²) in [4.78, 5) is 24.1. The number of benzene rings is 2. The SMILES string of the molecule is Cc1cc(Nc2ncnc3cnc(N4CCCOC4)nc23)ccc1Oc1cc(F)c2c(c1)ncn2C. The number of ether oxygens (including phenoxy) is 2.